The van der Waals surface area contributed by atoms with Gasteiger partial charge in [-0.2, -0.15) is 0 Å². The molecule has 0 unspecified atom stereocenters. The first-order chi connectivity index (χ1) is 12.2. The Balaban J connectivity index is 1.54. The number of hydrogen-bond acceptors (Lipinski definition) is 4. The second kappa shape index (κ2) is 8.01. The monoisotopic (exact) mass is 340 g/mol. The van der Waals surface area contributed by atoms with Crippen molar-refractivity contribution in [3.8, 4) is 11.6 Å². The fourth-order valence-electron chi connectivity index (χ4n) is 3.27. The van der Waals surface area contributed by atoms with E-state index >= 15 is 0 Å². The predicted octanol–water partition coefficient (Wildman–Crippen LogP) is 3.05. The van der Waals surface area contributed by atoms with Crippen LogP contribution in [0, 0.1) is 0 Å². The minimum atomic E-state index is 0.133. The largest absolute Gasteiger partial charge is 0.497 e. The van der Waals surface area contributed by atoms with Gasteiger partial charge in [-0.25, -0.2) is 4.98 Å². The molecule has 0 atom stereocenters. The smallest absolute Gasteiger partial charge is 0.228 e. The molecular formula is C20H24N2O3. The molecule has 1 saturated heterocycles. The Labute approximate surface area is 148 Å². The number of piperidine rings is 1. The van der Waals surface area contributed by atoms with Crippen LogP contribution in [0.1, 0.15) is 30.0 Å². The van der Waals surface area contributed by atoms with Crippen LogP contribution in [0.3, 0.4) is 0 Å². The number of hydrogen-bond donors (Lipinski definition) is 0. The minimum absolute atomic E-state index is 0.133. The van der Waals surface area contributed by atoms with E-state index in [1.54, 1.807) is 20.3 Å². The molecule has 1 fully saturated rings. The first kappa shape index (κ1) is 17.3. The lowest BCUT2D eigenvalue weighted by atomic mass is 9.89. The van der Waals surface area contributed by atoms with E-state index in [0.717, 1.165) is 37.4 Å². The lowest BCUT2D eigenvalue weighted by Gasteiger charge is -2.32. The van der Waals surface area contributed by atoms with Crippen molar-refractivity contribution in [2.24, 2.45) is 0 Å². The standard InChI is InChI=1S/C20H24N2O3/c1-24-18-8-6-15(7-9-18)16-10-12-22(13-11-16)20(23)14-17-4-3-5-19(21-17)25-2/h3-9,16H,10-14H2,1-2H3. The van der Waals surface area contributed by atoms with Crippen LogP contribution >= 0.6 is 0 Å². The number of carbonyl (C=O) groups is 1. The summed E-state index contributed by atoms with van der Waals surface area (Å²) in [6.07, 6.45) is 2.30. The third-order valence-electron chi connectivity index (χ3n) is 4.76. The molecule has 0 spiro atoms. The Morgan fingerprint density at radius 2 is 1.80 bits per heavy atom. The summed E-state index contributed by atoms with van der Waals surface area (Å²) in [6.45, 7) is 1.58. The number of benzene rings is 1. The molecule has 5 heteroatoms. The maximum Gasteiger partial charge on any atom is 0.228 e. The van der Waals surface area contributed by atoms with Gasteiger partial charge in [0.15, 0.2) is 0 Å². The van der Waals surface area contributed by atoms with Crippen molar-refractivity contribution in [3.63, 3.8) is 0 Å². The lowest BCUT2D eigenvalue weighted by Crippen LogP contribution is -2.38. The molecule has 2 aromatic rings. The molecule has 0 radical (unpaired) electrons. The summed E-state index contributed by atoms with van der Waals surface area (Å²) in [4.78, 5) is 18.8. The zero-order valence-corrected chi connectivity index (χ0v) is 14.8. The molecular weight excluding hydrogens is 316 g/mol. The van der Waals surface area contributed by atoms with E-state index in [1.165, 1.54) is 5.56 Å². The number of nitrogens with zero attached hydrogens (tertiary/aromatic N) is 2. The average Bonchev–Trinajstić information content (AvgIpc) is 2.68. The zero-order valence-electron chi connectivity index (χ0n) is 14.8. The first-order valence-electron chi connectivity index (χ1n) is 8.61. The average molecular weight is 340 g/mol. The second-order valence-corrected chi connectivity index (χ2v) is 6.28. The number of ether oxygens (including phenoxy) is 2. The molecule has 5 nitrogen and oxygen atoms in total. The third-order valence-corrected chi connectivity index (χ3v) is 4.76. The molecule has 1 aliphatic heterocycles. The van der Waals surface area contributed by atoms with Crippen LogP contribution in [0.2, 0.25) is 0 Å². The Morgan fingerprint density at radius 3 is 2.44 bits per heavy atom. The van der Waals surface area contributed by atoms with Crippen LogP contribution in [0.25, 0.3) is 0 Å². The molecule has 1 amide bonds. The summed E-state index contributed by atoms with van der Waals surface area (Å²) in [7, 11) is 3.26. The van der Waals surface area contributed by atoms with Gasteiger partial charge < -0.3 is 14.4 Å². The van der Waals surface area contributed by atoms with E-state index in [9.17, 15) is 4.79 Å². The molecule has 0 aliphatic carbocycles. The number of likely N-dealkylation sites (tertiary alicyclic amines) is 1. The highest BCUT2D eigenvalue weighted by atomic mass is 16.5. The van der Waals surface area contributed by atoms with Gasteiger partial charge in [0.1, 0.15) is 5.75 Å². The van der Waals surface area contributed by atoms with Gasteiger partial charge in [-0.3, -0.25) is 4.79 Å². The maximum atomic E-state index is 12.5. The number of pyridine rings is 1. The van der Waals surface area contributed by atoms with E-state index in [2.05, 4.69) is 17.1 Å². The van der Waals surface area contributed by atoms with Crippen LogP contribution in [0.5, 0.6) is 11.6 Å². The number of aromatic nitrogens is 1. The first-order valence-corrected chi connectivity index (χ1v) is 8.61. The van der Waals surface area contributed by atoms with Gasteiger partial charge in [0.25, 0.3) is 0 Å². The summed E-state index contributed by atoms with van der Waals surface area (Å²) in [6, 6.07) is 13.8. The lowest BCUT2D eigenvalue weighted by molar-refractivity contribution is -0.131. The van der Waals surface area contributed by atoms with Crippen LogP contribution in [0.4, 0.5) is 0 Å². The Hall–Kier alpha value is -2.56. The van der Waals surface area contributed by atoms with Gasteiger partial charge in [-0.15, -0.1) is 0 Å². The zero-order chi connectivity index (χ0) is 17.6. The molecule has 1 aliphatic rings. The number of methoxy groups -OCH3 is 2. The van der Waals surface area contributed by atoms with Gasteiger partial charge in [0.2, 0.25) is 11.8 Å². The summed E-state index contributed by atoms with van der Waals surface area (Å²) in [5.74, 6) is 2.06. The molecule has 25 heavy (non-hydrogen) atoms. The summed E-state index contributed by atoms with van der Waals surface area (Å²) in [5, 5.41) is 0. The van der Waals surface area contributed by atoms with Crippen molar-refractivity contribution < 1.29 is 14.3 Å². The van der Waals surface area contributed by atoms with E-state index in [-0.39, 0.29) is 5.91 Å². The van der Waals surface area contributed by atoms with E-state index in [4.69, 9.17) is 9.47 Å². The van der Waals surface area contributed by atoms with Crippen molar-refractivity contribution in [2.75, 3.05) is 27.3 Å². The maximum absolute atomic E-state index is 12.5. The van der Waals surface area contributed by atoms with Crippen molar-refractivity contribution in [2.45, 2.75) is 25.2 Å². The fraction of sp³-hybridized carbons (Fsp3) is 0.400. The fourth-order valence-corrected chi connectivity index (χ4v) is 3.27. The number of rotatable bonds is 5. The Morgan fingerprint density at radius 1 is 1.08 bits per heavy atom. The van der Waals surface area contributed by atoms with Gasteiger partial charge in [-0.05, 0) is 42.5 Å². The van der Waals surface area contributed by atoms with Gasteiger partial charge in [-0.1, -0.05) is 18.2 Å². The molecule has 132 valence electrons. The highest BCUT2D eigenvalue weighted by Gasteiger charge is 2.24. The quantitative estimate of drug-likeness (QED) is 0.839. The van der Waals surface area contributed by atoms with Crippen molar-refractivity contribution in [3.05, 3.63) is 53.7 Å². The SMILES string of the molecule is COc1ccc(C2CCN(C(=O)Cc3cccc(OC)n3)CC2)cc1. The van der Waals surface area contributed by atoms with E-state index in [1.807, 2.05) is 29.2 Å². The number of amides is 1. The summed E-state index contributed by atoms with van der Waals surface area (Å²) >= 11 is 0. The van der Waals surface area contributed by atoms with Crippen LogP contribution in [-0.4, -0.2) is 43.1 Å². The topological polar surface area (TPSA) is 51.7 Å². The normalized spacial score (nSPS) is 15.0. The highest BCUT2D eigenvalue weighted by Crippen LogP contribution is 2.29. The molecule has 0 bridgehead atoms. The predicted molar refractivity (Wildman–Crippen MR) is 96.0 cm³/mol. The van der Waals surface area contributed by atoms with Crippen molar-refractivity contribution in [1.82, 2.24) is 9.88 Å². The van der Waals surface area contributed by atoms with Crippen molar-refractivity contribution >= 4 is 5.91 Å². The van der Waals surface area contributed by atoms with Crippen LogP contribution in [-0.2, 0) is 11.2 Å². The van der Waals surface area contributed by atoms with Gasteiger partial charge >= 0.3 is 0 Å². The summed E-state index contributed by atoms with van der Waals surface area (Å²) in [5.41, 5.74) is 2.07. The molecule has 3 rings (SSSR count). The van der Waals surface area contributed by atoms with Crippen molar-refractivity contribution in [1.29, 1.82) is 0 Å². The van der Waals surface area contributed by atoms with Crippen LogP contribution in [0.15, 0.2) is 42.5 Å². The molecule has 1 aromatic carbocycles. The highest BCUT2D eigenvalue weighted by molar-refractivity contribution is 5.78. The number of carbonyl (C=O) groups excluding carboxylic acids is 1. The van der Waals surface area contributed by atoms with Crippen LogP contribution < -0.4 is 9.47 Å². The molecule has 1 aromatic heterocycles. The molecule has 0 saturated carbocycles. The second-order valence-electron chi connectivity index (χ2n) is 6.28. The Bertz CT molecular complexity index is 707. The third kappa shape index (κ3) is 4.29. The van der Waals surface area contributed by atoms with E-state index < -0.39 is 0 Å². The minimum Gasteiger partial charge on any atom is -0.497 e. The summed E-state index contributed by atoms with van der Waals surface area (Å²) < 4.78 is 10.3. The van der Waals surface area contributed by atoms with E-state index in [0.29, 0.717) is 18.2 Å². The molecule has 2 heterocycles. The van der Waals surface area contributed by atoms with Gasteiger partial charge in [0.05, 0.1) is 26.3 Å². The molecule has 0 N–H and O–H groups in total. The Kier molecular flexibility index (Phi) is 5.53. The van der Waals surface area contributed by atoms with Gasteiger partial charge in [0, 0.05) is 19.2 Å².